The third-order valence-electron chi connectivity index (χ3n) is 2.29. The van der Waals surface area contributed by atoms with E-state index >= 15 is 0 Å². The fraction of sp³-hybridized carbons (Fsp3) is 0.0909. The number of nitrogens with zero attached hydrogens (tertiary/aromatic N) is 2. The van der Waals surface area contributed by atoms with Crippen molar-refractivity contribution in [3.8, 4) is 0 Å². The molecule has 0 atom stereocenters. The van der Waals surface area contributed by atoms with E-state index in [-0.39, 0.29) is 5.69 Å². The molecule has 3 N–H and O–H groups in total. The van der Waals surface area contributed by atoms with Gasteiger partial charge in [-0.2, -0.15) is 5.10 Å². The summed E-state index contributed by atoms with van der Waals surface area (Å²) in [6.07, 6.45) is 0. The lowest BCUT2D eigenvalue weighted by Gasteiger charge is -1.98. The third kappa shape index (κ3) is 1.47. The first-order valence-electron chi connectivity index (χ1n) is 4.89. The number of rotatable bonds is 0. The lowest BCUT2D eigenvalue weighted by atomic mass is 10.2. The molecule has 0 spiro atoms. The van der Waals surface area contributed by atoms with Gasteiger partial charge in [-0.05, 0) is 30.6 Å². The van der Waals surface area contributed by atoms with Crippen molar-refractivity contribution in [3.63, 3.8) is 0 Å². The standard InChI is InChI=1S/C10H7N3O.CH5N/c14-10-12-11-9-6-5-7-3-1-2-4-8(7)13(9)10;1-2/h1-6H,(H,12,14);2H2,1H3. The zero-order valence-electron chi connectivity index (χ0n) is 8.84. The number of benzene rings is 1. The molecule has 0 saturated heterocycles. The fourth-order valence-corrected chi connectivity index (χ4v) is 1.65. The highest BCUT2D eigenvalue weighted by molar-refractivity contribution is 5.81. The van der Waals surface area contributed by atoms with E-state index in [0.29, 0.717) is 5.65 Å². The number of hydrogen-bond acceptors (Lipinski definition) is 3. The summed E-state index contributed by atoms with van der Waals surface area (Å²) in [5, 5.41) is 7.35. The Hall–Kier alpha value is -2.14. The number of H-pyrrole nitrogens is 1. The number of pyridine rings is 1. The van der Waals surface area contributed by atoms with Gasteiger partial charge in [0.25, 0.3) is 0 Å². The second-order valence-electron chi connectivity index (χ2n) is 3.11. The molecule has 0 amide bonds. The maximum Gasteiger partial charge on any atom is 0.348 e. The average molecular weight is 216 g/mol. The van der Waals surface area contributed by atoms with Crippen molar-refractivity contribution in [2.24, 2.45) is 5.73 Å². The summed E-state index contributed by atoms with van der Waals surface area (Å²) in [5.41, 5.74) is 5.83. The zero-order chi connectivity index (χ0) is 11.5. The van der Waals surface area contributed by atoms with Crippen LogP contribution in [-0.2, 0) is 0 Å². The van der Waals surface area contributed by atoms with Gasteiger partial charge in [-0.1, -0.05) is 18.2 Å². The minimum absolute atomic E-state index is 0.197. The quantitative estimate of drug-likeness (QED) is 0.582. The van der Waals surface area contributed by atoms with Crippen LogP contribution in [0.15, 0.2) is 41.2 Å². The van der Waals surface area contributed by atoms with Gasteiger partial charge in [0.1, 0.15) is 0 Å². The van der Waals surface area contributed by atoms with Gasteiger partial charge < -0.3 is 5.73 Å². The molecular formula is C11H12N4O. The summed E-state index contributed by atoms with van der Waals surface area (Å²) in [5.74, 6) is 0. The minimum atomic E-state index is -0.197. The van der Waals surface area contributed by atoms with Crippen LogP contribution in [0, 0.1) is 0 Å². The Morgan fingerprint density at radius 2 is 1.94 bits per heavy atom. The maximum absolute atomic E-state index is 11.4. The Labute approximate surface area is 91.5 Å². The first kappa shape index (κ1) is 10.4. The summed E-state index contributed by atoms with van der Waals surface area (Å²) in [4.78, 5) is 11.4. The first-order valence-corrected chi connectivity index (χ1v) is 4.89. The van der Waals surface area contributed by atoms with Crippen LogP contribution in [0.5, 0.6) is 0 Å². The third-order valence-corrected chi connectivity index (χ3v) is 2.29. The van der Waals surface area contributed by atoms with E-state index in [1.807, 2.05) is 36.4 Å². The SMILES string of the molecule is CN.O=c1[nH]nc2ccc3ccccc3n12. The van der Waals surface area contributed by atoms with Crippen molar-refractivity contribution in [1.82, 2.24) is 14.6 Å². The van der Waals surface area contributed by atoms with Crippen LogP contribution >= 0.6 is 0 Å². The molecule has 3 rings (SSSR count). The summed E-state index contributed by atoms with van der Waals surface area (Å²) >= 11 is 0. The number of fused-ring (bicyclic) bond motifs is 3. The van der Waals surface area contributed by atoms with Gasteiger partial charge in [0.15, 0.2) is 5.65 Å². The van der Waals surface area contributed by atoms with Crippen molar-refractivity contribution >= 4 is 16.6 Å². The molecule has 2 heterocycles. The van der Waals surface area contributed by atoms with Crippen LogP contribution in [-0.4, -0.2) is 21.6 Å². The molecule has 16 heavy (non-hydrogen) atoms. The molecule has 0 bridgehead atoms. The van der Waals surface area contributed by atoms with E-state index in [9.17, 15) is 4.79 Å². The van der Waals surface area contributed by atoms with Gasteiger partial charge >= 0.3 is 5.69 Å². The summed E-state index contributed by atoms with van der Waals surface area (Å²) in [6, 6.07) is 11.5. The molecule has 5 nitrogen and oxygen atoms in total. The van der Waals surface area contributed by atoms with E-state index in [1.165, 1.54) is 7.05 Å². The van der Waals surface area contributed by atoms with Gasteiger partial charge in [-0.25, -0.2) is 14.3 Å². The fourth-order valence-electron chi connectivity index (χ4n) is 1.65. The largest absolute Gasteiger partial charge is 0.348 e. The smallest absolute Gasteiger partial charge is 0.333 e. The highest BCUT2D eigenvalue weighted by Gasteiger charge is 2.02. The van der Waals surface area contributed by atoms with Crippen molar-refractivity contribution in [2.75, 3.05) is 7.05 Å². The lowest BCUT2D eigenvalue weighted by Crippen LogP contribution is -2.09. The molecule has 0 radical (unpaired) electrons. The van der Waals surface area contributed by atoms with Crippen LogP contribution in [0.4, 0.5) is 0 Å². The second-order valence-corrected chi connectivity index (χ2v) is 3.11. The molecule has 0 unspecified atom stereocenters. The van der Waals surface area contributed by atoms with E-state index in [0.717, 1.165) is 10.9 Å². The predicted molar refractivity (Wildman–Crippen MR) is 63.4 cm³/mol. The van der Waals surface area contributed by atoms with Gasteiger partial charge in [0, 0.05) is 0 Å². The maximum atomic E-state index is 11.4. The van der Waals surface area contributed by atoms with Crippen LogP contribution in [0.25, 0.3) is 16.6 Å². The number of nitrogens with two attached hydrogens (primary N) is 1. The highest BCUT2D eigenvalue weighted by atomic mass is 16.1. The monoisotopic (exact) mass is 216 g/mol. The van der Waals surface area contributed by atoms with Crippen molar-refractivity contribution in [1.29, 1.82) is 0 Å². The Morgan fingerprint density at radius 3 is 2.75 bits per heavy atom. The van der Waals surface area contributed by atoms with Crippen LogP contribution < -0.4 is 11.4 Å². The van der Waals surface area contributed by atoms with Crippen molar-refractivity contribution in [3.05, 3.63) is 46.9 Å². The number of nitrogens with one attached hydrogen (secondary N) is 1. The number of hydrogen-bond donors (Lipinski definition) is 2. The number of para-hydroxylation sites is 1. The molecule has 2 aromatic heterocycles. The zero-order valence-corrected chi connectivity index (χ0v) is 8.84. The molecule has 0 aliphatic rings. The Balaban J connectivity index is 0.000000457. The Bertz CT molecular complexity index is 668. The van der Waals surface area contributed by atoms with E-state index in [4.69, 9.17) is 0 Å². The first-order chi connectivity index (χ1) is 7.86. The Morgan fingerprint density at radius 1 is 1.19 bits per heavy atom. The summed E-state index contributed by atoms with van der Waals surface area (Å²) in [6.45, 7) is 0. The second kappa shape index (κ2) is 4.16. The van der Waals surface area contributed by atoms with Crippen LogP contribution in [0.3, 0.4) is 0 Å². The molecule has 82 valence electrons. The number of aromatic amines is 1. The predicted octanol–water partition coefficient (Wildman–Crippen LogP) is 0.751. The van der Waals surface area contributed by atoms with Gasteiger partial charge in [-0.3, -0.25) is 0 Å². The van der Waals surface area contributed by atoms with E-state index in [2.05, 4.69) is 15.9 Å². The molecule has 1 aromatic carbocycles. The summed E-state index contributed by atoms with van der Waals surface area (Å²) < 4.78 is 1.56. The van der Waals surface area contributed by atoms with E-state index < -0.39 is 0 Å². The molecule has 0 aliphatic carbocycles. The molecule has 3 aromatic rings. The topological polar surface area (TPSA) is 76.2 Å². The van der Waals surface area contributed by atoms with Gasteiger partial charge in [0.05, 0.1) is 5.52 Å². The lowest BCUT2D eigenvalue weighted by molar-refractivity contribution is 1.04. The normalized spacial score (nSPS) is 10.1. The summed E-state index contributed by atoms with van der Waals surface area (Å²) in [7, 11) is 1.50. The number of aromatic nitrogens is 3. The molecule has 0 saturated carbocycles. The minimum Gasteiger partial charge on any atom is -0.333 e. The van der Waals surface area contributed by atoms with Crippen LogP contribution in [0.1, 0.15) is 0 Å². The molecule has 5 heteroatoms. The van der Waals surface area contributed by atoms with Crippen molar-refractivity contribution < 1.29 is 0 Å². The van der Waals surface area contributed by atoms with Gasteiger partial charge in [-0.15, -0.1) is 0 Å². The van der Waals surface area contributed by atoms with Gasteiger partial charge in [0.2, 0.25) is 0 Å². The highest BCUT2D eigenvalue weighted by Crippen LogP contribution is 2.12. The van der Waals surface area contributed by atoms with Crippen LogP contribution in [0.2, 0.25) is 0 Å². The molecule has 0 fully saturated rings. The van der Waals surface area contributed by atoms with E-state index in [1.54, 1.807) is 4.40 Å². The average Bonchev–Trinajstić information content (AvgIpc) is 2.74. The molecule has 0 aliphatic heterocycles. The Kier molecular flexibility index (Phi) is 2.70. The molecular weight excluding hydrogens is 204 g/mol. The van der Waals surface area contributed by atoms with Crippen molar-refractivity contribution in [2.45, 2.75) is 0 Å².